The van der Waals surface area contributed by atoms with E-state index < -0.39 is 0 Å². The molecule has 0 heterocycles. The van der Waals surface area contributed by atoms with Gasteiger partial charge in [-0.25, -0.2) is 0 Å². The van der Waals surface area contributed by atoms with Gasteiger partial charge in [0.25, 0.3) is 0 Å². The lowest BCUT2D eigenvalue weighted by atomic mass is 10.1. The first-order valence-corrected chi connectivity index (χ1v) is 7.03. The Hall–Kier alpha value is -0.670. The Morgan fingerprint density at radius 3 is 2.53 bits per heavy atom. The zero-order valence-corrected chi connectivity index (χ0v) is 11.7. The number of ketones is 1. The quantitative estimate of drug-likeness (QED) is 0.749. The topological polar surface area (TPSA) is 20.3 Å². The van der Waals surface area contributed by atoms with Gasteiger partial charge in [0.05, 0.1) is 6.54 Å². The summed E-state index contributed by atoms with van der Waals surface area (Å²) in [6.45, 7) is 3.77. The first kappa shape index (κ1) is 12.8. The van der Waals surface area contributed by atoms with E-state index in [4.69, 9.17) is 0 Å². The molecule has 1 fully saturated rings. The van der Waals surface area contributed by atoms with Gasteiger partial charge in [-0.05, 0) is 37.9 Å². The molecule has 1 aliphatic rings. The summed E-state index contributed by atoms with van der Waals surface area (Å²) in [5.74, 6) is 0.234. The van der Waals surface area contributed by atoms with Crippen molar-refractivity contribution in [3.8, 4) is 0 Å². The number of hydrogen-bond donors (Lipinski definition) is 0. The van der Waals surface area contributed by atoms with Crippen LogP contribution in [0.2, 0.25) is 0 Å². The minimum absolute atomic E-state index is 0.234. The molecule has 0 spiro atoms. The maximum atomic E-state index is 12.1. The van der Waals surface area contributed by atoms with E-state index in [2.05, 4.69) is 27.8 Å². The number of hydrogen-bond acceptors (Lipinski definition) is 2. The molecule has 1 aromatic rings. The fourth-order valence-electron chi connectivity index (χ4n) is 2.03. The van der Waals surface area contributed by atoms with Crippen molar-refractivity contribution in [2.45, 2.75) is 32.2 Å². The molecule has 0 radical (unpaired) electrons. The second-order valence-electron chi connectivity index (χ2n) is 4.63. The summed E-state index contributed by atoms with van der Waals surface area (Å²) in [4.78, 5) is 14.4. The molecule has 0 N–H and O–H groups in total. The fourth-order valence-corrected chi connectivity index (χ4v) is 2.29. The first-order chi connectivity index (χ1) is 8.20. The summed E-state index contributed by atoms with van der Waals surface area (Å²) in [5.41, 5.74) is 0.815. The van der Waals surface area contributed by atoms with E-state index in [1.165, 1.54) is 12.8 Å². The lowest BCUT2D eigenvalue weighted by molar-refractivity contribution is 0.0925. The zero-order valence-electron chi connectivity index (χ0n) is 10.2. The highest BCUT2D eigenvalue weighted by atomic mass is 79.9. The monoisotopic (exact) mass is 295 g/mol. The predicted octanol–water partition coefficient (Wildman–Crippen LogP) is 3.51. The van der Waals surface area contributed by atoms with Crippen LogP contribution in [0.4, 0.5) is 0 Å². The van der Waals surface area contributed by atoms with Crippen LogP contribution in [-0.2, 0) is 0 Å². The minimum atomic E-state index is 0.234. The van der Waals surface area contributed by atoms with Gasteiger partial charge in [0, 0.05) is 16.1 Å². The van der Waals surface area contributed by atoms with E-state index in [0.29, 0.717) is 12.6 Å². The Morgan fingerprint density at radius 2 is 2.00 bits per heavy atom. The average Bonchev–Trinajstić information content (AvgIpc) is 3.13. The lowest BCUT2D eigenvalue weighted by Gasteiger charge is -2.20. The molecule has 0 unspecified atom stereocenters. The molecule has 0 aliphatic heterocycles. The van der Waals surface area contributed by atoms with Gasteiger partial charge >= 0.3 is 0 Å². The third kappa shape index (κ3) is 3.65. The van der Waals surface area contributed by atoms with Gasteiger partial charge in [-0.3, -0.25) is 9.69 Å². The molecule has 0 atom stereocenters. The number of carbonyl (C=O) groups excluding carboxylic acids is 1. The van der Waals surface area contributed by atoms with Crippen molar-refractivity contribution in [2.75, 3.05) is 13.1 Å². The molecular formula is C14H18BrNO. The van der Waals surface area contributed by atoms with Gasteiger partial charge in [-0.1, -0.05) is 35.0 Å². The molecule has 2 nitrogen and oxygen atoms in total. The standard InChI is InChI=1S/C14H18BrNO/c1-2-9-16(13-7-8-13)10-14(17)11-3-5-12(15)6-4-11/h3-6,13H,2,7-10H2,1H3. The number of nitrogens with zero attached hydrogens (tertiary/aromatic N) is 1. The van der Waals surface area contributed by atoms with Crippen LogP contribution in [-0.4, -0.2) is 29.8 Å². The number of halogens is 1. The van der Waals surface area contributed by atoms with Crippen molar-refractivity contribution in [3.63, 3.8) is 0 Å². The molecule has 2 rings (SSSR count). The predicted molar refractivity (Wildman–Crippen MR) is 73.4 cm³/mol. The van der Waals surface area contributed by atoms with Crippen molar-refractivity contribution < 1.29 is 4.79 Å². The van der Waals surface area contributed by atoms with Gasteiger partial charge in [-0.15, -0.1) is 0 Å². The molecule has 0 amide bonds. The molecular weight excluding hydrogens is 278 g/mol. The molecule has 0 saturated heterocycles. The van der Waals surface area contributed by atoms with Gasteiger partial charge in [0.1, 0.15) is 0 Å². The summed E-state index contributed by atoms with van der Waals surface area (Å²) >= 11 is 3.38. The fraction of sp³-hybridized carbons (Fsp3) is 0.500. The van der Waals surface area contributed by atoms with E-state index >= 15 is 0 Å². The van der Waals surface area contributed by atoms with Gasteiger partial charge in [0.15, 0.2) is 5.78 Å². The third-order valence-electron chi connectivity index (χ3n) is 3.09. The second kappa shape index (κ2) is 5.78. The Morgan fingerprint density at radius 1 is 1.35 bits per heavy atom. The highest BCUT2D eigenvalue weighted by Crippen LogP contribution is 2.27. The van der Waals surface area contributed by atoms with E-state index in [0.717, 1.165) is 23.0 Å². The second-order valence-corrected chi connectivity index (χ2v) is 5.55. The van der Waals surface area contributed by atoms with Crippen molar-refractivity contribution >= 4 is 21.7 Å². The van der Waals surface area contributed by atoms with Crippen LogP contribution in [0.3, 0.4) is 0 Å². The van der Waals surface area contributed by atoms with Crippen molar-refractivity contribution in [3.05, 3.63) is 34.3 Å². The van der Waals surface area contributed by atoms with E-state index in [1.807, 2.05) is 24.3 Å². The molecule has 0 aromatic heterocycles. The van der Waals surface area contributed by atoms with Crippen LogP contribution in [0, 0.1) is 0 Å². The van der Waals surface area contributed by atoms with Crippen molar-refractivity contribution in [1.29, 1.82) is 0 Å². The van der Waals surface area contributed by atoms with Crippen LogP contribution in [0.25, 0.3) is 0 Å². The molecule has 3 heteroatoms. The van der Waals surface area contributed by atoms with Crippen LogP contribution in [0.5, 0.6) is 0 Å². The maximum Gasteiger partial charge on any atom is 0.176 e. The minimum Gasteiger partial charge on any atom is -0.293 e. The van der Waals surface area contributed by atoms with Crippen molar-refractivity contribution in [1.82, 2.24) is 4.90 Å². The molecule has 17 heavy (non-hydrogen) atoms. The van der Waals surface area contributed by atoms with E-state index in [1.54, 1.807) is 0 Å². The summed E-state index contributed by atoms with van der Waals surface area (Å²) in [6, 6.07) is 8.30. The number of carbonyl (C=O) groups is 1. The highest BCUT2D eigenvalue weighted by molar-refractivity contribution is 9.10. The van der Waals surface area contributed by atoms with E-state index in [9.17, 15) is 4.79 Å². The van der Waals surface area contributed by atoms with Crippen LogP contribution < -0.4 is 0 Å². The number of Topliss-reactive ketones (excluding diaryl/α,β-unsaturated/α-hetero) is 1. The largest absolute Gasteiger partial charge is 0.293 e. The summed E-state index contributed by atoms with van der Waals surface area (Å²) in [5, 5.41) is 0. The lowest BCUT2D eigenvalue weighted by Crippen LogP contribution is -2.32. The summed E-state index contributed by atoms with van der Waals surface area (Å²) in [6.07, 6.45) is 3.63. The zero-order chi connectivity index (χ0) is 12.3. The number of benzene rings is 1. The normalized spacial score (nSPS) is 15.2. The van der Waals surface area contributed by atoms with E-state index in [-0.39, 0.29) is 5.78 Å². The molecule has 92 valence electrons. The molecule has 1 aromatic carbocycles. The molecule has 0 bridgehead atoms. The maximum absolute atomic E-state index is 12.1. The SMILES string of the molecule is CCCN(CC(=O)c1ccc(Br)cc1)C1CC1. The van der Waals surface area contributed by atoms with Crippen LogP contribution in [0.1, 0.15) is 36.5 Å². The number of rotatable bonds is 6. The average molecular weight is 296 g/mol. The molecule has 1 saturated carbocycles. The van der Waals surface area contributed by atoms with Gasteiger partial charge in [-0.2, -0.15) is 0 Å². The highest BCUT2D eigenvalue weighted by Gasteiger charge is 2.29. The van der Waals surface area contributed by atoms with Crippen LogP contribution in [0.15, 0.2) is 28.7 Å². The Kier molecular flexibility index (Phi) is 4.35. The van der Waals surface area contributed by atoms with Crippen molar-refractivity contribution in [2.24, 2.45) is 0 Å². The van der Waals surface area contributed by atoms with Gasteiger partial charge < -0.3 is 0 Å². The Balaban J connectivity index is 1.97. The van der Waals surface area contributed by atoms with Crippen LogP contribution >= 0.6 is 15.9 Å². The summed E-state index contributed by atoms with van der Waals surface area (Å²) < 4.78 is 1.02. The smallest absolute Gasteiger partial charge is 0.176 e. The Bertz CT molecular complexity index is 384. The Labute approximate surface area is 111 Å². The third-order valence-corrected chi connectivity index (χ3v) is 3.62. The first-order valence-electron chi connectivity index (χ1n) is 6.23. The summed E-state index contributed by atoms with van der Waals surface area (Å²) in [7, 11) is 0. The van der Waals surface area contributed by atoms with Gasteiger partial charge in [0.2, 0.25) is 0 Å². The molecule has 1 aliphatic carbocycles.